The van der Waals surface area contributed by atoms with E-state index < -0.39 is 11.9 Å². The summed E-state index contributed by atoms with van der Waals surface area (Å²) in [4.78, 5) is 24.0. The molecule has 0 aromatic heterocycles. The molecule has 1 N–H and O–H groups in total. The fraction of sp³-hybridized carbons (Fsp3) is 0.385. The standard InChI is InChI=1S/C13H14FNO3/c1-8(16)15-6-11(12(7-15)13(17)18)9-2-4-10(14)5-3-9/h2-5,11-12H,6-7H2,1H3,(H,17,18)/t11-,12+/m1/s1. The molecule has 5 heteroatoms. The van der Waals surface area contributed by atoms with Crippen LogP contribution in [0.4, 0.5) is 4.39 Å². The minimum atomic E-state index is -0.923. The van der Waals surface area contributed by atoms with Crippen molar-refractivity contribution in [2.45, 2.75) is 12.8 Å². The minimum Gasteiger partial charge on any atom is -0.481 e. The summed E-state index contributed by atoms with van der Waals surface area (Å²) < 4.78 is 12.9. The Labute approximate surface area is 104 Å². The minimum absolute atomic E-state index is 0.133. The average molecular weight is 251 g/mol. The molecular weight excluding hydrogens is 237 g/mol. The maximum absolute atomic E-state index is 12.9. The van der Waals surface area contributed by atoms with Crippen molar-refractivity contribution in [2.75, 3.05) is 13.1 Å². The zero-order chi connectivity index (χ0) is 13.3. The third kappa shape index (κ3) is 2.34. The summed E-state index contributed by atoms with van der Waals surface area (Å²) in [6.07, 6.45) is 0. The van der Waals surface area contributed by atoms with E-state index in [1.54, 1.807) is 12.1 Å². The van der Waals surface area contributed by atoms with Crippen molar-refractivity contribution in [3.05, 3.63) is 35.6 Å². The first-order valence-electron chi connectivity index (χ1n) is 5.73. The molecule has 1 amide bonds. The molecule has 2 atom stereocenters. The highest BCUT2D eigenvalue weighted by molar-refractivity contribution is 5.78. The van der Waals surface area contributed by atoms with Crippen LogP contribution < -0.4 is 0 Å². The molecule has 1 aliphatic rings. The first-order valence-corrected chi connectivity index (χ1v) is 5.73. The molecule has 1 aromatic carbocycles. The van der Waals surface area contributed by atoms with E-state index in [9.17, 15) is 19.1 Å². The van der Waals surface area contributed by atoms with Gasteiger partial charge in [0.25, 0.3) is 0 Å². The summed E-state index contributed by atoms with van der Waals surface area (Å²) in [5, 5.41) is 9.19. The van der Waals surface area contributed by atoms with Crippen LogP contribution in [0.25, 0.3) is 0 Å². The van der Waals surface area contributed by atoms with Crippen LogP contribution in [0.5, 0.6) is 0 Å². The third-order valence-electron chi connectivity index (χ3n) is 3.38. The average Bonchev–Trinajstić information content (AvgIpc) is 2.75. The molecule has 1 fully saturated rings. The van der Waals surface area contributed by atoms with Crippen LogP contribution in [0, 0.1) is 11.7 Å². The molecule has 96 valence electrons. The van der Waals surface area contributed by atoms with Gasteiger partial charge in [-0.1, -0.05) is 12.1 Å². The van der Waals surface area contributed by atoms with Crippen LogP contribution in [0.3, 0.4) is 0 Å². The summed E-state index contributed by atoms with van der Waals surface area (Å²) in [5.74, 6) is -2.31. The van der Waals surface area contributed by atoms with Crippen LogP contribution >= 0.6 is 0 Å². The second-order valence-electron chi connectivity index (χ2n) is 4.53. The lowest BCUT2D eigenvalue weighted by Crippen LogP contribution is -2.27. The largest absolute Gasteiger partial charge is 0.481 e. The van der Waals surface area contributed by atoms with E-state index >= 15 is 0 Å². The predicted octanol–water partition coefficient (Wildman–Crippen LogP) is 1.47. The molecule has 0 aliphatic carbocycles. The first-order chi connectivity index (χ1) is 8.49. The van der Waals surface area contributed by atoms with Crippen molar-refractivity contribution in [3.8, 4) is 0 Å². The van der Waals surface area contributed by atoms with Gasteiger partial charge in [-0.25, -0.2) is 4.39 Å². The Morgan fingerprint density at radius 2 is 1.89 bits per heavy atom. The molecule has 1 heterocycles. The van der Waals surface area contributed by atoms with Gasteiger partial charge in [0.15, 0.2) is 0 Å². The van der Waals surface area contributed by atoms with Crippen LogP contribution in [0.1, 0.15) is 18.4 Å². The number of hydrogen-bond donors (Lipinski definition) is 1. The van der Waals surface area contributed by atoms with Gasteiger partial charge in [-0.05, 0) is 17.7 Å². The lowest BCUT2D eigenvalue weighted by Gasteiger charge is -2.14. The van der Waals surface area contributed by atoms with Gasteiger partial charge < -0.3 is 10.0 Å². The third-order valence-corrected chi connectivity index (χ3v) is 3.38. The summed E-state index contributed by atoms with van der Waals surface area (Å²) in [7, 11) is 0. The Balaban J connectivity index is 2.27. The Kier molecular flexibility index (Phi) is 3.32. The van der Waals surface area contributed by atoms with Gasteiger partial charge in [0.1, 0.15) is 5.82 Å². The maximum atomic E-state index is 12.9. The molecule has 1 aromatic rings. The van der Waals surface area contributed by atoms with E-state index in [1.807, 2.05) is 0 Å². The van der Waals surface area contributed by atoms with Crippen molar-refractivity contribution in [2.24, 2.45) is 5.92 Å². The first kappa shape index (κ1) is 12.5. The predicted molar refractivity (Wildman–Crippen MR) is 62.5 cm³/mol. The van der Waals surface area contributed by atoms with E-state index in [-0.39, 0.29) is 24.2 Å². The summed E-state index contributed by atoms with van der Waals surface area (Å²) in [5.41, 5.74) is 0.757. The number of hydrogen-bond acceptors (Lipinski definition) is 2. The van der Waals surface area contributed by atoms with E-state index in [1.165, 1.54) is 24.0 Å². The number of likely N-dealkylation sites (tertiary alicyclic amines) is 1. The molecule has 18 heavy (non-hydrogen) atoms. The summed E-state index contributed by atoms with van der Waals surface area (Å²) in [6, 6.07) is 5.79. The van der Waals surface area contributed by atoms with Gasteiger partial charge in [-0.3, -0.25) is 9.59 Å². The fourth-order valence-corrected chi connectivity index (χ4v) is 2.36. The highest BCUT2D eigenvalue weighted by atomic mass is 19.1. The smallest absolute Gasteiger partial charge is 0.308 e. The van der Waals surface area contributed by atoms with Gasteiger partial charge in [0, 0.05) is 25.9 Å². The SMILES string of the molecule is CC(=O)N1C[C@H](C(=O)O)[C@@H](c2ccc(F)cc2)C1. The molecular formula is C13H14FNO3. The van der Waals surface area contributed by atoms with Crippen LogP contribution in [0.2, 0.25) is 0 Å². The molecule has 0 unspecified atom stereocenters. The van der Waals surface area contributed by atoms with Crippen LogP contribution in [-0.2, 0) is 9.59 Å². The highest BCUT2D eigenvalue weighted by Gasteiger charge is 2.39. The van der Waals surface area contributed by atoms with Gasteiger partial charge in [-0.2, -0.15) is 0 Å². The lowest BCUT2D eigenvalue weighted by molar-refractivity contribution is -0.141. The summed E-state index contributed by atoms with van der Waals surface area (Å²) >= 11 is 0. The van der Waals surface area contributed by atoms with E-state index in [2.05, 4.69) is 0 Å². The number of carbonyl (C=O) groups is 2. The molecule has 1 aliphatic heterocycles. The molecule has 0 saturated carbocycles. The Hall–Kier alpha value is -1.91. The van der Waals surface area contributed by atoms with Crippen molar-refractivity contribution >= 4 is 11.9 Å². The van der Waals surface area contributed by atoms with Crippen molar-refractivity contribution in [1.29, 1.82) is 0 Å². The Morgan fingerprint density at radius 1 is 1.28 bits per heavy atom. The fourth-order valence-electron chi connectivity index (χ4n) is 2.36. The second-order valence-corrected chi connectivity index (χ2v) is 4.53. The topological polar surface area (TPSA) is 57.6 Å². The number of carboxylic acid groups (broad SMARTS) is 1. The van der Waals surface area contributed by atoms with Gasteiger partial charge >= 0.3 is 5.97 Å². The Morgan fingerprint density at radius 3 is 2.39 bits per heavy atom. The number of amides is 1. The van der Waals surface area contributed by atoms with Crippen LogP contribution in [0.15, 0.2) is 24.3 Å². The molecule has 2 rings (SSSR count). The lowest BCUT2D eigenvalue weighted by atomic mass is 9.89. The Bertz CT molecular complexity index is 472. The molecule has 0 spiro atoms. The van der Waals surface area contributed by atoms with E-state index in [0.29, 0.717) is 6.54 Å². The number of rotatable bonds is 2. The normalized spacial score (nSPS) is 23.1. The van der Waals surface area contributed by atoms with Gasteiger partial charge in [-0.15, -0.1) is 0 Å². The van der Waals surface area contributed by atoms with E-state index in [0.717, 1.165) is 5.56 Å². The molecule has 0 radical (unpaired) electrons. The number of aliphatic carboxylic acids is 1. The zero-order valence-corrected chi connectivity index (χ0v) is 9.97. The quantitative estimate of drug-likeness (QED) is 0.866. The van der Waals surface area contributed by atoms with Crippen molar-refractivity contribution in [1.82, 2.24) is 4.90 Å². The number of nitrogens with zero attached hydrogens (tertiary/aromatic N) is 1. The highest BCUT2D eigenvalue weighted by Crippen LogP contribution is 2.32. The maximum Gasteiger partial charge on any atom is 0.308 e. The molecule has 4 nitrogen and oxygen atoms in total. The second kappa shape index (κ2) is 4.76. The van der Waals surface area contributed by atoms with Crippen molar-refractivity contribution in [3.63, 3.8) is 0 Å². The van der Waals surface area contributed by atoms with Crippen LogP contribution in [-0.4, -0.2) is 35.0 Å². The van der Waals surface area contributed by atoms with Gasteiger partial charge in [0.2, 0.25) is 5.91 Å². The summed E-state index contributed by atoms with van der Waals surface area (Å²) in [6.45, 7) is 2.01. The number of halogens is 1. The van der Waals surface area contributed by atoms with Crippen molar-refractivity contribution < 1.29 is 19.1 Å². The van der Waals surface area contributed by atoms with Gasteiger partial charge in [0.05, 0.1) is 5.92 Å². The number of carboxylic acids is 1. The number of benzene rings is 1. The molecule has 0 bridgehead atoms. The molecule has 1 saturated heterocycles. The van der Waals surface area contributed by atoms with E-state index in [4.69, 9.17) is 0 Å². The number of carbonyl (C=O) groups excluding carboxylic acids is 1. The zero-order valence-electron chi connectivity index (χ0n) is 9.97. The monoisotopic (exact) mass is 251 g/mol.